The Hall–Kier alpha value is -1.36. The van der Waals surface area contributed by atoms with Crippen molar-refractivity contribution in [3.05, 3.63) is 66.3 Å². The quantitative estimate of drug-likeness (QED) is 0.584. The molecule has 2 aromatic carbocycles. The van der Waals surface area contributed by atoms with Crippen LogP contribution in [0.1, 0.15) is 75.9 Å². The first-order valence-electron chi connectivity index (χ1n) is 9.21. The number of hydrogen-bond acceptors (Lipinski definition) is 2. The molecule has 0 N–H and O–H groups in total. The molecule has 2 rings (SSSR count). The number of carboxylic acid groups (broad SMARTS) is 1. The molecule has 0 radical (unpaired) electrons. The molecule has 0 saturated heterocycles. The van der Waals surface area contributed by atoms with Gasteiger partial charge in [-0.25, -0.2) is 0 Å². The van der Waals surface area contributed by atoms with E-state index in [0.717, 1.165) is 22.0 Å². The van der Waals surface area contributed by atoms with Gasteiger partial charge in [0.1, 0.15) is 0 Å². The molecule has 0 unspecified atom stereocenters. The smallest absolute Gasteiger partial charge is 0.357 e. The number of hydrogen-bond donors (Lipinski definition) is 0. The van der Waals surface area contributed by atoms with Crippen molar-refractivity contribution in [3.63, 3.8) is 0 Å². The van der Waals surface area contributed by atoms with Gasteiger partial charge in [-0.2, -0.15) is 0 Å². The van der Waals surface area contributed by atoms with Crippen LogP contribution in [0.25, 0.3) is 0 Å². The summed E-state index contributed by atoms with van der Waals surface area (Å²) < 4.78 is 2.43. The second kappa shape index (κ2) is 8.12. The first kappa shape index (κ1) is 20.9. The zero-order valence-corrected chi connectivity index (χ0v) is 18.8. The summed E-state index contributed by atoms with van der Waals surface area (Å²) in [5, 5.41) is 11.5. The number of carbonyl (C=O) groups is 1. The van der Waals surface area contributed by atoms with E-state index >= 15 is 0 Å². The summed E-state index contributed by atoms with van der Waals surface area (Å²) in [6.45, 7) is 13.2. The highest BCUT2D eigenvalue weighted by Gasteiger charge is 2.25. The molecular formula is C23H29IO2. The number of benzene rings is 2. The molecule has 0 heterocycles. The maximum atomic E-state index is 11.5. The van der Waals surface area contributed by atoms with Crippen molar-refractivity contribution in [2.45, 2.75) is 65.2 Å². The second-order valence-electron chi connectivity index (χ2n) is 8.09. The fourth-order valence-corrected chi connectivity index (χ4v) is 5.07. The molecule has 0 bridgehead atoms. The standard InChI is InChI=1S/C23H29IO2/c1-7-22(3,4)17-9-11-19(12-10-17)24-20-14-16(21(25)26)13-18(15-20)23(5,6)8-2/h9-15H,7-8H2,1-6H3. The molecule has 26 heavy (non-hydrogen) atoms. The van der Waals surface area contributed by atoms with Gasteiger partial charge in [-0.1, -0.05) is 53.7 Å². The molecule has 0 spiro atoms. The Morgan fingerprint density at radius 2 is 1.38 bits per heavy atom. The predicted octanol–water partition coefficient (Wildman–Crippen LogP) is 1.55. The zero-order valence-electron chi connectivity index (χ0n) is 16.7. The summed E-state index contributed by atoms with van der Waals surface area (Å²) in [5.74, 6) is -1.09. The van der Waals surface area contributed by atoms with Crippen LogP contribution in [0.3, 0.4) is 0 Å². The lowest BCUT2D eigenvalue weighted by Crippen LogP contribution is -3.61. The SMILES string of the molecule is CCC(C)(C)c1ccc([I+]c2cc(C(=O)[O-])cc(C(C)(C)CC)c2)cc1. The highest BCUT2D eigenvalue weighted by atomic mass is 127. The van der Waals surface area contributed by atoms with E-state index in [4.69, 9.17) is 0 Å². The van der Waals surface area contributed by atoms with Gasteiger partial charge in [0.15, 0.2) is 7.14 Å². The van der Waals surface area contributed by atoms with Crippen molar-refractivity contribution in [2.75, 3.05) is 0 Å². The van der Waals surface area contributed by atoms with Gasteiger partial charge in [0, 0.05) is 11.6 Å². The molecule has 0 aliphatic carbocycles. The molecule has 0 aromatic heterocycles. The van der Waals surface area contributed by atoms with Crippen LogP contribution in [0.2, 0.25) is 0 Å². The third-order valence-electron chi connectivity index (χ3n) is 5.53. The van der Waals surface area contributed by atoms with Gasteiger partial charge in [0.2, 0.25) is 0 Å². The lowest BCUT2D eigenvalue weighted by atomic mass is 9.82. The Kier molecular flexibility index (Phi) is 6.54. The molecule has 0 aliphatic rings. The normalized spacial score (nSPS) is 12.2. The van der Waals surface area contributed by atoms with E-state index in [1.807, 2.05) is 0 Å². The fraction of sp³-hybridized carbons (Fsp3) is 0.435. The van der Waals surface area contributed by atoms with Crippen LogP contribution < -0.4 is 26.3 Å². The fourth-order valence-electron chi connectivity index (χ4n) is 2.65. The second-order valence-corrected chi connectivity index (χ2v) is 11.1. The van der Waals surface area contributed by atoms with Crippen LogP contribution in [0.4, 0.5) is 0 Å². The van der Waals surface area contributed by atoms with E-state index in [0.29, 0.717) is 5.56 Å². The highest BCUT2D eigenvalue weighted by Crippen LogP contribution is 2.27. The molecule has 0 amide bonds. The molecule has 2 nitrogen and oxygen atoms in total. The van der Waals surface area contributed by atoms with E-state index < -0.39 is 27.2 Å². The Labute approximate surface area is 168 Å². The van der Waals surface area contributed by atoms with Crippen LogP contribution in [-0.2, 0) is 10.8 Å². The topological polar surface area (TPSA) is 40.1 Å². The monoisotopic (exact) mass is 464 g/mol. The Balaban J connectivity index is 2.35. The summed E-state index contributed by atoms with van der Waals surface area (Å²) in [6, 6.07) is 14.6. The van der Waals surface area contributed by atoms with Crippen molar-refractivity contribution < 1.29 is 31.1 Å². The van der Waals surface area contributed by atoms with E-state index in [-0.39, 0.29) is 10.8 Å². The average molecular weight is 464 g/mol. The zero-order chi connectivity index (χ0) is 19.5. The van der Waals surface area contributed by atoms with Crippen molar-refractivity contribution >= 4 is 5.97 Å². The number of carboxylic acids is 1. The van der Waals surface area contributed by atoms with Gasteiger partial charge in [-0.05, 0) is 59.1 Å². The van der Waals surface area contributed by atoms with Gasteiger partial charge < -0.3 is 9.90 Å². The average Bonchev–Trinajstić information content (AvgIpc) is 2.61. The first-order chi connectivity index (χ1) is 12.1. The third kappa shape index (κ3) is 4.87. The molecule has 3 heteroatoms. The number of aromatic carboxylic acids is 1. The van der Waals surface area contributed by atoms with E-state index in [9.17, 15) is 9.90 Å². The molecule has 2 aromatic rings. The maximum Gasteiger partial charge on any atom is 0.357 e. The van der Waals surface area contributed by atoms with Crippen molar-refractivity contribution in [1.82, 2.24) is 0 Å². The lowest BCUT2D eigenvalue weighted by Gasteiger charge is -2.24. The van der Waals surface area contributed by atoms with Crippen LogP contribution in [0, 0.1) is 7.14 Å². The lowest BCUT2D eigenvalue weighted by molar-refractivity contribution is -0.597. The van der Waals surface area contributed by atoms with Crippen LogP contribution in [0.5, 0.6) is 0 Å². The third-order valence-corrected chi connectivity index (χ3v) is 8.11. The number of halogens is 1. The Morgan fingerprint density at radius 3 is 1.88 bits per heavy atom. The van der Waals surface area contributed by atoms with E-state index in [2.05, 4.69) is 71.9 Å². The van der Waals surface area contributed by atoms with Gasteiger partial charge in [0.25, 0.3) is 0 Å². The minimum absolute atomic E-state index is 0.0427. The minimum Gasteiger partial charge on any atom is -0.545 e. The first-order valence-corrected chi connectivity index (χ1v) is 11.4. The largest absolute Gasteiger partial charge is 0.545 e. The number of rotatable bonds is 7. The summed E-state index contributed by atoms with van der Waals surface area (Å²) in [4.78, 5) is 11.5. The summed E-state index contributed by atoms with van der Waals surface area (Å²) in [6.07, 6.45) is 2.06. The van der Waals surface area contributed by atoms with Crippen LogP contribution in [-0.4, -0.2) is 5.97 Å². The minimum atomic E-state index is -1.09. The van der Waals surface area contributed by atoms with Crippen molar-refractivity contribution in [2.24, 2.45) is 0 Å². The predicted molar refractivity (Wildman–Crippen MR) is 101 cm³/mol. The van der Waals surface area contributed by atoms with E-state index in [1.165, 1.54) is 9.13 Å². The molecule has 0 aliphatic heterocycles. The number of carbonyl (C=O) groups excluding carboxylic acids is 1. The van der Waals surface area contributed by atoms with Crippen molar-refractivity contribution in [3.8, 4) is 0 Å². The Morgan fingerprint density at radius 1 is 0.846 bits per heavy atom. The van der Waals surface area contributed by atoms with Gasteiger partial charge in [-0.3, -0.25) is 0 Å². The van der Waals surface area contributed by atoms with Gasteiger partial charge in [-0.15, -0.1) is 0 Å². The summed E-state index contributed by atoms with van der Waals surface area (Å²) in [5.41, 5.74) is 2.87. The molecule has 140 valence electrons. The highest BCUT2D eigenvalue weighted by molar-refractivity contribution is 5.85. The molecular weight excluding hydrogens is 435 g/mol. The van der Waals surface area contributed by atoms with Gasteiger partial charge in [0.05, 0.1) is 5.97 Å². The molecule has 0 fully saturated rings. The summed E-state index contributed by atoms with van der Waals surface area (Å²) in [7, 11) is 0. The van der Waals surface area contributed by atoms with Gasteiger partial charge >= 0.3 is 21.2 Å². The maximum absolute atomic E-state index is 11.5. The van der Waals surface area contributed by atoms with Crippen LogP contribution in [0.15, 0.2) is 42.5 Å². The summed E-state index contributed by atoms with van der Waals surface area (Å²) >= 11 is -0.429. The Bertz CT molecular complexity index is 773. The van der Waals surface area contributed by atoms with Crippen molar-refractivity contribution in [1.29, 1.82) is 0 Å². The van der Waals surface area contributed by atoms with Crippen LogP contribution >= 0.6 is 0 Å². The molecule has 0 atom stereocenters. The molecule has 0 saturated carbocycles. The van der Waals surface area contributed by atoms with E-state index in [1.54, 1.807) is 12.1 Å².